The maximum absolute atomic E-state index is 11.6. The minimum atomic E-state index is -0.0157. The number of rotatable bonds is 4. The first-order valence-corrected chi connectivity index (χ1v) is 5.85. The Morgan fingerprint density at radius 2 is 2.28 bits per heavy atom. The van der Waals surface area contributed by atoms with E-state index in [2.05, 4.69) is 16.9 Å². The third-order valence-electron chi connectivity index (χ3n) is 2.83. The first-order valence-electron chi connectivity index (χ1n) is 5.85. The van der Waals surface area contributed by atoms with Crippen LogP contribution in [0, 0.1) is 0 Å². The van der Waals surface area contributed by atoms with Crippen LogP contribution in [-0.2, 0) is 16.0 Å². The second-order valence-corrected chi connectivity index (χ2v) is 4.11. The van der Waals surface area contributed by atoms with E-state index in [0.29, 0.717) is 31.0 Å². The van der Waals surface area contributed by atoms with Crippen molar-refractivity contribution in [1.29, 1.82) is 0 Å². The van der Waals surface area contributed by atoms with Gasteiger partial charge in [-0.15, -0.1) is 0 Å². The van der Waals surface area contributed by atoms with Crippen molar-refractivity contribution in [1.82, 2.24) is 5.32 Å². The van der Waals surface area contributed by atoms with Gasteiger partial charge in [-0.05, 0) is 5.56 Å². The lowest BCUT2D eigenvalue weighted by Gasteiger charge is -2.18. The molecule has 1 heterocycles. The Morgan fingerprint density at radius 1 is 1.50 bits per heavy atom. The zero-order chi connectivity index (χ0) is 13.0. The van der Waals surface area contributed by atoms with Crippen LogP contribution >= 0.6 is 0 Å². The third-order valence-corrected chi connectivity index (χ3v) is 2.83. The summed E-state index contributed by atoms with van der Waals surface area (Å²) >= 11 is 0. The van der Waals surface area contributed by atoms with E-state index in [1.54, 1.807) is 7.11 Å². The maximum Gasteiger partial charge on any atom is 0.229 e. The standard InChI is InChI=1S/C14H16N2O2/c1-10(18-2)7-8-15-14-12-6-4-3-5-11(12)9-13(17)16-14/h3-6H,1,7-9H2,2H3,(H,15,16,17). The molecule has 1 N–H and O–H groups in total. The molecule has 1 amide bonds. The number of nitrogens with one attached hydrogen (secondary N) is 1. The van der Waals surface area contributed by atoms with Gasteiger partial charge in [-0.1, -0.05) is 30.8 Å². The van der Waals surface area contributed by atoms with Crippen molar-refractivity contribution in [2.45, 2.75) is 12.8 Å². The molecule has 0 saturated heterocycles. The Hall–Kier alpha value is -2.10. The summed E-state index contributed by atoms with van der Waals surface area (Å²) in [5.41, 5.74) is 2.02. The van der Waals surface area contributed by atoms with Gasteiger partial charge in [-0.3, -0.25) is 9.79 Å². The molecule has 0 bridgehead atoms. The van der Waals surface area contributed by atoms with Gasteiger partial charge in [-0.25, -0.2) is 0 Å². The summed E-state index contributed by atoms with van der Waals surface area (Å²) in [4.78, 5) is 16.0. The van der Waals surface area contributed by atoms with Crippen LogP contribution in [0.5, 0.6) is 0 Å². The van der Waals surface area contributed by atoms with E-state index in [1.165, 1.54) is 0 Å². The molecule has 0 unspecified atom stereocenters. The number of amides is 1. The minimum Gasteiger partial charge on any atom is -0.502 e. The van der Waals surface area contributed by atoms with Crippen molar-refractivity contribution in [3.63, 3.8) is 0 Å². The zero-order valence-corrected chi connectivity index (χ0v) is 10.4. The molecule has 2 rings (SSSR count). The second-order valence-electron chi connectivity index (χ2n) is 4.11. The van der Waals surface area contributed by atoms with Crippen LogP contribution in [0.3, 0.4) is 0 Å². The number of methoxy groups -OCH3 is 1. The summed E-state index contributed by atoms with van der Waals surface area (Å²) in [6, 6.07) is 7.80. The summed E-state index contributed by atoms with van der Waals surface area (Å²) in [5, 5.41) is 2.80. The summed E-state index contributed by atoms with van der Waals surface area (Å²) in [5.74, 6) is 1.32. The molecular weight excluding hydrogens is 228 g/mol. The predicted molar refractivity (Wildman–Crippen MR) is 70.5 cm³/mol. The number of benzene rings is 1. The van der Waals surface area contributed by atoms with Crippen LogP contribution in [0.1, 0.15) is 17.5 Å². The highest BCUT2D eigenvalue weighted by Gasteiger charge is 2.19. The van der Waals surface area contributed by atoms with Gasteiger partial charge in [-0.2, -0.15) is 0 Å². The van der Waals surface area contributed by atoms with Gasteiger partial charge in [0.15, 0.2) is 0 Å². The monoisotopic (exact) mass is 244 g/mol. The number of hydrogen-bond acceptors (Lipinski definition) is 3. The number of hydrogen-bond donors (Lipinski definition) is 1. The van der Waals surface area contributed by atoms with Crippen molar-refractivity contribution >= 4 is 11.7 Å². The van der Waals surface area contributed by atoms with Crippen molar-refractivity contribution in [3.05, 3.63) is 47.7 Å². The second kappa shape index (κ2) is 5.49. The highest BCUT2D eigenvalue weighted by Crippen LogP contribution is 2.14. The molecule has 1 aromatic rings. The Morgan fingerprint density at radius 3 is 3.06 bits per heavy atom. The normalized spacial score (nSPS) is 16.1. The number of fused-ring (bicyclic) bond motifs is 1. The lowest BCUT2D eigenvalue weighted by molar-refractivity contribution is -0.119. The van der Waals surface area contributed by atoms with Gasteiger partial charge >= 0.3 is 0 Å². The lowest BCUT2D eigenvalue weighted by Crippen LogP contribution is -2.38. The largest absolute Gasteiger partial charge is 0.502 e. The van der Waals surface area contributed by atoms with Gasteiger partial charge in [0.25, 0.3) is 0 Å². The SMILES string of the molecule is C=C(CCN=C1NC(=O)Cc2ccccc21)OC. The van der Waals surface area contributed by atoms with Gasteiger partial charge in [0.2, 0.25) is 5.91 Å². The predicted octanol–water partition coefficient (Wildman–Crippen LogP) is 1.66. The smallest absolute Gasteiger partial charge is 0.229 e. The number of carbonyl (C=O) groups is 1. The zero-order valence-electron chi connectivity index (χ0n) is 10.4. The van der Waals surface area contributed by atoms with Crippen molar-refractivity contribution in [3.8, 4) is 0 Å². The van der Waals surface area contributed by atoms with E-state index in [0.717, 1.165) is 11.1 Å². The Labute approximate surface area is 106 Å². The molecule has 0 fully saturated rings. The molecule has 1 aromatic carbocycles. The summed E-state index contributed by atoms with van der Waals surface area (Å²) in [7, 11) is 1.59. The van der Waals surface area contributed by atoms with Gasteiger partial charge < -0.3 is 10.1 Å². The molecule has 0 radical (unpaired) electrons. The summed E-state index contributed by atoms with van der Waals surface area (Å²) in [6.45, 7) is 4.29. The van der Waals surface area contributed by atoms with Crippen molar-refractivity contribution in [2.75, 3.05) is 13.7 Å². The topological polar surface area (TPSA) is 50.7 Å². The molecule has 4 heteroatoms. The van der Waals surface area contributed by atoms with Gasteiger partial charge in [0, 0.05) is 18.5 Å². The van der Waals surface area contributed by atoms with Crippen molar-refractivity contribution < 1.29 is 9.53 Å². The van der Waals surface area contributed by atoms with E-state index >= 15 is 0 Å². The van der Waals surface area contributed by atoms with Gasteiger partial charge in [0.1, 0.15) is 5.84 Å². The molecule has 4 nitrogen and oxygen atoms in total. The maximum atomic E-state index is 11.6. The Bertz CT molecular complexity index is 506. The molecule has 1 aliphatic heterocycles. The number of carbonyl (C=O) groups excluding carboxylic acids is 1. The first-order chi connectivity index (χ1) is 8.70. The average molecular weight is 244 g/mol. The fraction of sp³-hybridized carbons (Fsp3) is 0.286. The fourth-order valence-corrected chi connectivity index (χ4v) is 1.84. The van der Waals surface area contributed by atoms with E-state index < -0.39 is 0 Å². The third kappa shape index (κ3) is 2.77. The number of nitrogens with zero attached hydrogens (tertiary/aromatic N) is 1. The van der Waals surface area contributed by atoms with Crippen LogP contribution in [0.25, 0.3) is 0 Å². The molecule has 94 valence electrons. The van der Waals surface area contributed by atoms with E-state index in [-0.39, 0.29) is 5.91 Å². The molecule has 0 saturated carbocycles. The molecule has 1 aliphatic rings. The number of aliphatic imine (C=N–C) groups is 1. The fourth-order valence-electron chi connectivity index (χ4n) is 1.84. The molecule has 0 spiro atoms. The van der Waals surface area contributed by atoms with E-state index in [9.17, 15) is 4.79 Å². The molecule has 0 aromatic heterocycles. The number of ether oxygens (including phenoxy) is 1. The van der Waals surface area contributed by atoms with Crippen LogP contribution in [0.15, 0.2) is 41.6 Å². The lowest BCUT2D eigenvalue weighted by atomic mass is 10.00. The highest BCUT2D eigenvalue weighted by atomic mass is 16.5. The van der Waals surface area contributed by atoms with Crippen molar-refractivity contribution in [2.24, 2.45) is 4.99 Å². The van der Waals surface area contributed by atoms with Crippen LogP contribution < -0.4 is 5.32 Å². The quantitative estimate of drug-likeness (QED) is 0.819. The summed E-state index contributed by atoms with van der Waals surface area (Å²) in [6.07, 6.45) is 1.07. The number of amidine groups is 1. The Kier molecular flexibility index (Phi) is 3.77. The molecule has 18 heavy (non-hydrogen) atoms. The van der Waals surface area contributed by atoms with E-state index in [1.807, 2.05) is 24.3 Å². The summed E-state index contributed by atoms with van der Waals surface area (Å²) < 4.78 is 4.98. The van der Waals surface area contributed by atoms with Crippen LogP contribution in [0.4, 0.5) is 0 Å². The van der Waals surface area contributed by atoms with E-state index in [4.69, 9.17) is 4.74 Å². The molecular formula is C14H16N2O2. The van der Waals surface area contributed by atoms with Crippen LogP contribution in [-0.4, -0.2) is 25.4 Å². The first kappa shape index (κ1) is 12.4. The Balaban J connectivity index is 2.15. The van der Waals surface area contributed by atoms with Crippen LogP contribution in [0.2, 0.25) is 0 Å². The molecule has 0 atom stereocenters. The average Bonchev–Trinajstić information content (AvgIpc) is 2.38. The molecule has 0 aliphatic carbocycles. The van der Waals surface area contributed by atoms with Gasteiger partial charge in [0.05, 0.1) is 19.3 Å². The highest BCUT2D eigenvalue weighted by molar-refractivity contribution is 6.12. The minimum absolute atomic E-state index is 0.0157.